The molecular weight excluding hydrogens is 439 g/mol. The Labute approximate surface area is 195 Å². The van der Waals surface area contributed by atoms with Gasteiger partial charge in [0.05, 0.1) is 24.8 Å². The van der Waals surface area contributed by atoms with Crippen molar-refractivity contribution in [2.75, 3.05) is 20.2 Å². The second-order valence-electron chi connectivity index (χ2n) is 7.88. The van der Waals surface area contributed by atoms with E-state index in [1.807, 2.05) is 24.3 Å². The molecule has 1 aliphatic rings. The van der Waals surface area contributed by atoms with Crippen molar-refractivity contribution in [1.29, 1.82) is 5.26 Å². The van der Waals surface area contributed by atoms with Crippen LogP contribution in [0, 0.1) is 29.0 Å². The van der Waals surface area contributed by atoms with Gasteiger partial charge in [0.1, 0.15) is 29.3 Å². The maximum Gasteiger partial charge on any atom is 0.226 e. The molecule has 0 aliphatic carbocycles. The summed E-state index contributed by atoms with van der Waals surface area (Å²) in [6, 6.07) is 12.0. The van der Waals surface area contributed by atoms with E-state index in [1.165, 1.54) is 30.3 Å². The summed E-state index contributed by atoms with van der Waals surface area (Å²) in [5, 5.41) is 31.0. The SMILES string of the molecule is COc1ccc(C#CC2(O)CCN(C(=O)Cc3ccc(-n4cnnn4)cc3)CC2)c(F)c1C#N. The third-order valence-corrected chi connectivity index (χ3v) is 5.71. The lowest BCUT2D eigenvalue weighted by Gasteiger charge is -2.35. The Kier molecular flexibility index (Phi) is 6.53. The number of carbonyl (C=O) groups excluding carboxylic acids is 1. The standard InChI is InChI=1S/C24H21FN6O3/c1-34-21-7-4-18(23(25)20(21)15-26)8-9-24(33)10-12-30(13-11-24)22(32)14-17-2-5-19(6-3-17)31-16-27-28-29-31/h2-7,16,33H,10-14H2,1H3. The number of nitriles is 1. The van der Waals surface area contributed by atoms with Gasteiger partial charge in [-0.1, -0.05) is 24.0 Å². The van der Waals surface area contributed by atoms with Crippen molar-refractivity contribution in [3.8, 4) is 29.3 Å². The second kappa shape index (κ2) is 9.69. The predicted molar refractivity (Wildman–Crippen MR) is 118 cm³/mol. The van der Waals surface area contributed by atoms with Crippen LogP contribution < -0.4 is 4.74 Å². The van der Waals surface area contributed by atoms with Crippen LogP contribution >= 0.6 is 0 Å². The van der Waals surface area contributed by atoms with Gasteiger partial charge in [-0.25, -0.2) is 9.07 Å². The van der Waals surface area contributed by atoms with Gasteiger partial charge in [-0.2, -0.15) is 5.26 Å². The fourth-order valence-electron chi connectivity index (χ4n) is 3.70. The van der Waals surface area contributed by atoms with Crippen molar-refractivity contribution in [2.45, 2.75) is 24.9 Å². The van der Waals surface area contributed by atoms with Gasteiger partial charge in [0.15, 0.2) is 5.82 Å². The number of halogens is 1. The van der Waals surface area contributed by atoms with Crippen LogP contribution in [0.3, 0.4) is 0 Å². The number of hydrogen-bond acceptors (Lipinski definition) is 7. The molecule has 3 aromatic rings. The monoisotopic (exact) mass is 460 g/mol. The Balaban J connectivity index is 1.37. The molecule has 1 aliphatic heterocycles. The predicted octanol–water partition coefficient (Wildman–Crippen LogP) is 1.63. The van der Waals surface area contributed by atoms with Crippen LogP contribution in [0.2, 0.25) is 0 Å². The number of amides is 1. The molecular formula is C24H21FN6O3. The fraction of sp³-hybridized carbons (Fsp3) is 0.292. The van der Waals surface area contributed by atoms with Crippen LogP contribution in [0.25, 0.3) is 5.69 Å². The molecule has 10 heteroatoms. The van der Waals surface area contributed by atoms with Crippen LogP contribution in [0.1, 0.15) is 29.5 Å². The van der Waals surface area contributed by atoms with Gasteiger partial charge in [-0.3, -0.25) is 4.79 Å². The van der Waals surface area contributed by atoms with Crippen molar-refractivity contribution in [1.82, 2.24) is 25.1 Å². The number of hydrogen-bond donors (Lipinski definition) is 1. The third-order valence-electron chi connectivity index (χ3n) is 5.71. The molecule has 1 saturated heterocycles. The molecule has 0 unspecified atom stereocenters. The number of methoxy groups -OCH3 is 1. The number of piperidine rings is 1. The number of aromatic nitrogens is 4. The normalized spacial score (nSPS) is 14.6. The van der Waals surface area contributed by atoms with Gasteiger partial charge in [-0.05, 0) is 40.3 Å². The molecule has 9 nitrogen and oxygen atoms in total. The molecule has 1 amide bonds. The molecule has 0 spiro atoms. The molecule has 34 heavy (non-hydrogen) atoms. The van der Waals surface area contributed by atoms with E-state index in [2.05, 4.69) is 27.4 Å². The zero-order valence-corrected chi connectivity index (χ0v) is 18.4. The van der Waals surface area contributed by atoms with Crippen molar-refractivity contribution in [2.24, 2.45) is 0 Å². The number of likely N-dealkylation sites (tertiary alicyclic amines) is 1. The zero-order chi connectivity index (χ0) is 24.1. The quantitative estimate of drug-likeness (QED) is 0.588. The van der Waals surface area contributed by atoms with Crippen molar-refractivity contribution in [3.05, 3.63) is 65.2 Å². The second-order valence-corrected chi connectivity index (χ2v) is 7.88. The molecule has 2 aromatic carbocycles. The Morgan fingerprint density at radius 1 is 1.24 bits per heavy atom. The molecule has 1 aromatic heterocycles. The van der Waals surface area contributed by atoms with Gasteiger partial charge >= 0.3 is 0 Å². The smallest absolute Gasteiger partial charge is 0.226 e. The molecule has 4 rings (SSSR count). The van der Waals surface area contributed by atoms with E-state index in [1.54, 1.807) is 11.0 Å². The number of nitrogens with zero attached hydrogens (tertiary/aromatic N) is 6. The molecule has 0 radical (unpaired) electrons. The highest BCUT2D eigenvalue weighted by atomic mass is 19.1. The summed E-state index contributed by atoms with van der Waals surface area (Å²) in [5.74, 6) is 4.67. The summed E-state index contributed by atoms with van der Waals surface area (Å²) in [6.45, 7) is 0.669. The van der Waals surface area contributed by atoms with Gasteiger partial charge < -0.3 is 14.7 Å². The van der Waals surface area contributed by atoms with Crippen LogP contribution in [0.5, 0.6) is 5.75 Å². The third kappa shape index (κ3) is 4.87. The highest BCUT2D eigenvalue weighted by Crippen LogP contribution is 2.25. The van der Waals surface area contributed by atoms with E-state index in [4.69, 9.17) is 10.00 Å². The number of ether oxygens (including phenoxy) is 1. The lowest BCUT2D eigenvalue weighted by molar-refractivity contribution is -0.133. The summed E-state index contributed by atoms with van der Waals surface area (Å²) in [5.41, 5.74) is 0.0782. The average molecular weight is 460 g/mol. The van der Waals surface area contributed by atoms with E-state index in [-0.39, 0.29) is 42.0 Å². The number of carbonyl (C=O) groups is 1. The molecule has 1 fully saturated rings. The van der Waals surface area contributed by atoms with Gasteiger partial charge in [0.25, 0.3) is 0 Å². The highest BCUT2D eigenvalue weighted by Gasteiger charge is 2.32. The lowest BCUT2D eigenvalue weighted by Crippen LogP contribution is -2.46. The Morgan fingerprint density at radius 2 is 1.97 bits per heavy atom. The minimum atomic E-state index is -1.34. The Bertz CT molecular complexity index is 1280. The summed E-state index contributed by atoms with van der Waals surface area (Å²) >= 11 is 0. The summed E-state index contributed by atoms with van der Waals surface area (Å²) in [4.78, 5) is 14.4. The summed E-state index contributed by atoms with van der Waals surface area (Å²) in [7, 11) is 1.35. The minimum Gasteiger partial charge on any atom is -0.495 e. The fourth-order valence-corrected chi connectivity index (χ4v) is 3.70. The zero-order valence-electron chi connectivity index (χ0n) is 18.4. The van der Waals surface area contributed by atoms with Crippen LogP contribution in [-0.4, -0.2) is 61.9 Å². The van der Waals surface area contributed by atoms with Crippen molar-refractivity contribution in [3.63, 3.8) is 0 Å². The topological polar surface area (TPSA) is 117 Å². The van der Waals surface area contributed by atoms with Crippen molar-refractivity contribution < 1.29 is 19.0 Å². The van der Waals surface area contributed by atoms with Gasteiger partial charge in [0, 0.05) is 25.9 Å². The van der Waals surface area contributed by atoms with Gasteiger partial charge in [-0.15, -0.1) is 5.10 Å². The number of rotatable bonds is 4. The number of benzene rings is 2. The largest absolute Gasteiger partial charge is 0.495 e. The molecule has 1 N–H and O–H groups in total. The van der Waals surface area contributed by atoms with Gasteiger partial charge in [0.2, 0.25) is 5.91 Å². The highest BCUT2D eigenvalue weighted by molar-refractivity contribution is 5.79. The molecule has 2 heterocycles. The minimum absolute atomic E-state index is 0.00871. The molecule has 0 bridgehead atoms. The van der Waals surface area contributed by atoms with E-state index in [0.29, 0.717) is 13.1 Å². The van der Waals surface area contributed by atoms with Crippen LogP contribution in [0.15, 0.2) is 42.7 Å². The Morgan fingerprint density at radius 3 is 2.59 bits per heavy atom. The first-order valence-corrected chi connectivity index (χ1v) is 10.5. The molecule has 172 valence electrons. The first-order chi connectivity index (χ1) is 16.4. The van der Waals surface area contributed by atoms with Crippen LogP contribution in [-0.2, 0) is 11.2 Å². The van der Waals surface area contributed by atoms with E-state index in [9.17, 15) is 14.3 Å². The molecule has 0 saturated carbocycles. The lowest BCUT2D eigenvalue weighted by atomic mass is 9.91. The Hall–Kier alpha value is -4.28. The summed E-state index contributed by atoms with van der Waals surface area (Å²) in [6.07, 6.45) is 2.21. The van der Waals surface area contributed by atoms with E-state index in [0.717, 1.165) is 11.3 Å². The first-order valence-electron chi connectivity index (χ1n) is 10.5. The number of tetrazole rings is 1. The number of aliphatic hydroxyl groups is 1. The summed E-state index contributed by atoms with van der Waals surface area (Å²) < 4.78 is 21.0. The van der Waals surface area contributed by atoms with E-state index >= 15 is 0 Å². The van der Waals surface area contributed by atoms with Crippen molar-refractivity contribution >= 4 is 5.91 Å². The first kappa shape index (κ1) is 22.9. The van der Waals surface area contributed by atoms with Crippen LogP contribution in [0.4, 0.5) is 4.39 Å². The average Bonchev–Trinajstić information content (AvgIpc) is 3.39. The maximum atomic E-state index is 14.5. The maximum absolute atomic E-state index is 14.5. The molecule has 0 atom stereocenters. The van der Waals surface area contributed by atoms with E-state index < -0.39 is 11.4 Å².